The Balaban J connectivity index is 4.39. The van der Waals surface area contributed by atoms with Crippen molar-refractivity contribution in [3.63, 3.8) is 0 Å². The Hall–Kier alpha value is -1.78. The van der Waals surface area contributed by atoms with Crippen LogP contribution in [0.25, 0.3) is 0 Å². The van der Waals surface area contributed by atoms with E-state index in [-0.39, 0.29) is 24.2 Å². The summed E-state index contributed by atoms with van der Waals surface area (Å²) >= 11 is 9.03. The number of primary amides is 1. The van der Waals surface area contributed by atoms with Crippen molar-refractivity contribution in [3.8, 4) is 10.8 Å². The van der Waals surface area contributed by atoms with Gasteiger partial charge < -0.3 is 16.0 Å². The predicted molar refractivity (Wildman–Crippen MR) is 139 cm³/mol. The van der Waals surface area contributed by atoms with Gasteiger partial charge in [0, 0.05) is 41.4 Å². The van der Waals surface area contributed by atoms with Gasteiger partial charge in [-0.05, 0) is 55.7 Å². The van der Waals surface area contributed by atoms with Crippen LogP contribution in [0.3, 0.4) is 0 Å². The third-order valence-electron chi connectivity index (χ3n) is 5.38. The van der Waals surface area contributed by atoms with Gasteiger partial charge in [0.25, 0.3) is 0 Å². The summed E-state index contributed by atoms with van der Waals surface area (Å²) in [6.45, 7) is 7.40. The quantitative estimate of drug-likeness (QED) is 0.175. The van der Waals surface area contributed by atoms with Crippen molar-refractivity contribution in [3.05, 3.63) is 23.3 Å². The summed E-state index contributed by atoms with van der Waals surface area (Å²) in [4.78, 5) is 40.5. The maximum absolute atomic E-state index is 12.6. The number of rotatable bonds is 15. The van der Waals surface area contributed by atoms with Gasteiger partial charge in [-0.3, -0.25) is 14.4 Å². The lowest BCUT2D eigenvalue weighted by Crippen LogP contribution is -2.54. The van der Waals surface area contributed by atoms with Crippen molar-refractivity contribution >= 4 is 45.3 Å². The lowest BCUT2D eigenvalue weighted by Gasteiger charge is -2.30. The maximum Gasteiger partial charge on any atom is 0.245 e. The molecule has 6 nitrogen and oxygen atoms in total. The molecule has 3 atom stereocenters. The molecular formula is C25H39BrClN3O3. The maximum atomic E-state index is 12.6. The number of nitrogens with zero attached hydrogens (tertiary/aromatic N) is 1. The normalized spacial score (nSPS) is 14.4. The first-order chi connectivity index (χ1) is 15.5. The van der Waals surface area contributed by atoms with Crippen molar-refractivity contribution in [1.29, 1.82) is 0 Å². The summed E-state index contributed by atoms with van der Waals surface area (Å²) in [6.07, 6.45) is 9.70. The molecule has 3 amide bonds. The summed E-state index contributed by atoms with van der Waals surface area (Å²) in [5.74, 6) is 2.14. The monoisotopic (exact) mass is 543 g/mol. The van der Waals surface area contributed by atoms with Crippen LogP contribution in [0.5, 0.6) is 0 Å². The van der Waals surface area contributed by atoms with Gasteiger partial charge in [-0.2, -0.15) is 0 Å². The van der Waals surface area contributed by atoms with E-state index < -0.39 is 18.0 Å². The molecule has 33 heavy (non-hydrogen) atoms. The molecular weight excluding hydrogens is 506 g/mol. The van der Waals surface area contributed by atoms with Gasteiger partial charge in [0.05, 0.1) is 0 Å². The summed E-state index contributed by atoms with van der Waals surface area (Å²) in [7, 11) is 1.53. The van der Waals surface area contributed by atoms with Gasteiger partial charge in [-0.1, -0.05) is 56.0 Å². The van der Waals surface area contributed by atoms with Crippen LogP contribution in [0.15, 0.2) is 23.3 Å². The highest BCUT2D eigenvalue weighted by molar-refractivity contribution is 9.12. The van der Waals surface area contributed by atoms with E-state index >= 15 is 0 Å². The minimum atomic E-state index is -0.729. The van der Waals surface area contributed by atoms with Crippen molar-refractivity contribution in [2.45, 2.75) is 84.7 Å². The van der Waals surface area contributed by atoms with Gasteiger partial charge in [0.2, 0.25) is 17.7 Å². The molecule has 0 fully saturated rings. The Morgan fingerprint density at radius 1 is 1.15 bits per heavy atom. The van der Waals surface area contributed by atoms with E-state index in [1.165, 1.54) is 17.5 Å². The Kier molecular flexibility index (Phi) is 16.7. The number of allylic oxidation sites excluding steroid dienone is 3. The molecule has 0 radical (unpaired) electrons. The fourth-order valence-corrected chi connectivity index (χ4v) is 3.94. The highest BCUT2D eigenvalue weighted by Crippen LogP contribution is 2.19. The Labute approximate surface area is 212 Å². The van der Waals surface area contributed by atoms with E-state index in [0.29, 0.717) is 12.3 Å². The molecule has 0 heterocycles. The molecule has 0 bridgehead atoms. The predicted octanol–water partition coefficient (Wildman–Crippen LogP) is 4.86. The molecule has 0 aromatic carbocycles. The Bertz CT molecular complexity index is 756. The minimum Gasteiger partial charge on any atom is -0.368 e. The van der Waals surface area contributed by atoms with Crippen LogP contribution in [0.1, 0.15) is 72.6 Å². The minimum absolute atomic E-state index is 0.115. The van der Waals surface area contributed by atoms with Crippen LogP contribution in [0.4, 0.5) is 0 Å². The van der Waals surface area contributed by atoms with Crippen molar-refractivity contribution in [2.75, 3.05) is 7.05 Å². The number of carbonyl (C=O) groups is 3. The average Bonchev–Trinajstić information content (AvgIpc) is 2.75. The van der Waals surface area contributed by atoms with E-state index in [1.807, 2.05) is 19.9 Å². The average molecular weight is 545 g/mol. The largest absolute Gasteiger partial charge is 0.368 e. The molecule has 0 aliphatic heterocycles. The first kappa shape index (κ1) is 31.2. The smallest absolute Gasteiger partial charge is 0.245 e. The van der Waals surface area contributed by atoms with Crippen LogP contribution in [0, 0.1) is 22.6 Å². The summed E-state index contributed by atoms with van der Waals surface area (Å²) < 4.78 is 0. The number of hydrogen-bond donors (Lipinski definition) is 2. The number of carbonyl (C=O) groups excluding carboxylic acids is 3. The van der Waals surface area contributed by atoms with Crippen LogP contribution in [-0.2, 0) is 14.4 Å². The van der Waals surface area contributed by atoms with Gasteiger partial charge in [0.15, 0.2) is 0 Å². The number of nitrogens with one attached hydrogen (secondary N) is 1. The van der Waals surface area contributed by atoms with Crippen LogP contribution in [-0.4, -0.2) is 41.8 Å². The van der Waals surface area contributed by atoms with Crippen LogP contribution >= 0.6 is 27.5 Å². The lowest BCUT2D eigenvalue weighted by atomic mass is 9.98. The molecule has 0 spiro atoms. The summed E-state index contributed by atoms with van der Waals surface area (Å²) in [5, 5.41) is 2.71. The summed E-state index contributed by atoms with van der Waals surface area (Å²) in [5.41, 5.74) is 8.32. The lowest BCUT2D eigenvalue weighted by molar-refractivity contribution is -0.141. The molecule has 0 rings (SSSR count). The zero-order valence-corrected chi connectivity index (χ0v) is 22.8. The number of hydrogen-bond acceptors (Lipinski definition) is 3. The Morgan fingerprint density at radius 3 is 2.36 bits per heavy atom. The second-order valence-electron chi connectivity index (χ2n) is 8.70. The second-order valence-corrected chi connectivity index (χ2v) is 9.32. The van der Waals surface area contributed by atoms with E-state index in [0.717, 1.165) is 32.1 Å². The Morgan fingerprint density at radius 2 is 1.82 bits per heavy atom. The van der Waals surface area contributed by atoms with Crippen LogP contribution in [0.2, 0.25) is 0 Å². The van der Waals surface area contributed by atoms with Crippen molar-refractivity contribution in [1.82, 2.24) is 10.2 Å². The zero-order chi connectivity index (χ0) is 25.4. The highest BCUT2D eigenvalue weighted by atomic mass is 79.9. The highest BCUT2D eigenvalue weighted by Gasteiger charge is 2.30. The standard InChI is InChI=1S/C25H39BrClN3O3/c1-18(2)23(24(28)32)30(5)25(33)20(4)29-22(31)13-9-8-11-19(3)14-15-21(17-27)12-7-6-10-16-26/h8,11,17-20,23H,6-7,9,12-15H2,1-5H3,(H2,28,32)(H,29,31). The van der Waals surface area contributed by atoms with E-state index in [4.69, 9.17) is 17.3 Å². The fourth-order valence-electron chi connectivity index (χ4n) is 3.52. The molecule has 8 heteroatoms. The van der Waals surface area contributed by atoms with E-state index in [9.17, 15) is 14.4 Å². The zero-order valence-electron chi connectivity index (χ0n) is 20.5. The summed E-state index contributed by atoms with van der Waals surface area (Å²) in [6, 6.07) is -1.44. The topological polar surface area (TPSA) is 92.5 Å². The molecule has 0 aliphatic rings. The number of likely N-dealkylation sites (N-methyl/N-ethyl adjacent to an activating group) is 1. The molecule has 0 aromatic rings. The first-order valence-electron chi connectivity index (χ1n) is 11.4. The number of nitrogens with two attached hydrogens (primary N) is 1. The van der Waals surface area contributed by atoms with Crippen molar-refractivity contribution in [2.24, 2.45) is 17.6 Å². The van der Waals surface area contributed by atoms with Gasteiger partial charge in [-0.25, -0.2) is 0 Å². The first-order valence-corrected chi connectivity index (χ1v) is 12.7. The van der Waals surface area contributed by atoms with Gasteiger partial charge in [-0.15, -0.1) is 0 Å². The molecule has 0 saturated carbocycles. The number of amides is 3. The molecule has 3 unspecified atom stereocenters. The fraction of sp³-hybridized carbons (Fsp3) is 0.640. The van der Waals surface area contributed by atoms with E-state index in [1.54, 1.807) is 12.5 Å². The van der Waals surface area contributed by atoms with E-state index in [2.05, 4.69) is 45.0 Å². The molecule has 0 aliphatic carbocycles. The molecule has 0 aromatic heterocycles. The third kappa shape index (κ3) is 13.5. The van der Waals surface area contributed by atoms with Crippen LogP contribution < -0.4 is 11.1 Å². The van der Waals surface area contributed by atoms with Gasteiger partial charge in [0.1, 0.15) is 12.1 Å². The van der Waals surface area contributed by atoms with Crippen molar-refractivity contribution < 1.29 is 14.4 Å². The molecule has 3 N–H and O–H groups in total. The number of halogens is 2. The van der Waals surface area contributed by atoms with Gasteiger partial charge >= 0.3 is 0 Å². The third-order valence-corrected chi connectivity index (χ3v) is 5.97. The molecule has 0 saturated heterocycles. The molecule has 186 valence electrons. The SMILES string of the molecule is CC(C=CCCC(=O)NC(C)C(=O)N(C)C(C(N)=O)C(C)C)CCC(=CCl)CCCC#CBr. The second kappa shape index (κ2) is 17.7. The number of unbranched alkanes of at least 4 members (excludes halogenated alkanes) is 1.